The van der Waals surface area contributed by atoms with E-state index in [0.29, 0.717) is 42.8 Å². The van der Waals surface area contributed by atoms with Crippen LogP contribution >= 0.6 is 39.1 Å². The highest BCUT2D eigenvalue weighted by atomic mass is 79.9. The van der Waals surface area contributed by atoms with E-state index in [1.54, 1.807) is 43.3 Å². The fourth-order valence-corrected chi connectivity index (χ4v) is 4.10. The van der Waals surface area contributed by atoms with Crippen LogP contribution in [-0.2, 0) is 22.7 Å². The van der Waals surface area contributed by atoms with Gasteiger partial charge in [-0.05, 0) is 58.7 Å². The van der Waals surface area contributed by atoms with Gasteiger partial charge in [0.15, 0.2) is 18.1 Å². The number of halogens is 3. The quantitative estimate of drug-likeness (QED) is 0.219. The van der Waals surface area contributed by atoms with Crippen molar-refractivity contribution in [3.63, 3.8) is 0 Å². The average molecular weight is 622 g/mol. The number of carbonyl (C=O) groups excluding carboxylic acids is 1. The normalized spacial score (nSPS) is 10.8. The third kappa shape index (κ3) is 7.58. The van der Waals surface area contributed by atoms with Crippen LogP contribution in [0.3, 0.4) is 0 Å². The number of methoxy groups -OCH3 is 2. The number of nitrogens with zero attached hydrogens (tertiary/aromatic N) is 3. The summed E-state index contributed by atoms with van der Waals surface area (Å²) in [6.07, 6.45) is 1.44. The Hall–Kier alpha value is -3.36. The molecular weight excluding hydrogens is 599 g/mol. The largest absolute Gasteiger partial charge is 0.493 e. The highest BCUT2D eigenvalue weighted by molar-refractivity contribution is 9.10. The summed E-state index contributed by atoms with van der Waals surface area (Å²) in [7, 11) is 3.03. The van der Waals surface area contributed by atoms with E-state index in [4.69, 9.17) is 42.1 Å². The zero-order valence-electron chi connectivity index (χ0n) is 20.7. The lowest BCUT2D eigenvalue weighted by molar-refractivity contribution is -0.123. The van der Waals surface area contributed by atoms with Gasteiger partial charge in [0.25, 0.3) is 5.91 Å². The Morgan fingerprint density at radius 1 is 1.16 bits per heavy atom. The van der Waals surface area contributed by atoms with Crippen LogP contribution in [0.15, 0.2) is 46.0 Å². The first kappa shape index (κ1) is 29.2. The van der Waals surface area contributed by atoms with Gasteiger partial charge in [0.1, 0.15) is 18.2 Å². The van der Waals surface area contributed by atoms with Crippen LogP contribution < -0.4 is 19.6 Å². The first-order valence-corrected chi connectivity index (χ1v) is 12.6. The Kier molecular flexibility index (Phi) is 10.7. The molecule has 0 saturated heterocycles. The van der Waals surface area contributed by atoms with Gasteiger partial charge in [-0.15, -0.1) is 0 Å². The number of aryl methyl sites for hydroxylation is 1. The van der Waals surface area contributed by atoms with Crippen LogP contribution in [0.5, 0.6) is 17.4 Å². The van der Waals surface area contributed by atoms with Crippen molar-refractivity contribution in [2.45, 2.75) is 20.1 Å². The van der Waals surface area contributed by atoms with Crippen LogP contribution in [0.25, 0.3) is 0 Å². The molecule has 0 saturated carbocycles. The summed E-state index contributed by atoms with van der Waals surface area (Å²) < 4.78 is 22.6. The molecule has 0 aliphatic heterocycles. The molecule has 0 spiro atoms. The second kappa shape index (κ2) is 14.0. The van der Waals surface area contributed by atoms with E-state index < -0.39 is 12.5 Å². The minimum Gasteiger partial charge on any atom is -0.493 e. The molecule has 1 amide bonds. The highest BCUT2D eigenvalue weighted by Crippen LogP contribution is 2.31. The highest BCUT2D eigenvalue weighted by Gasteiger charge is 2.18. The molecule has 0 aliphatic carbocycles. The lowest BCUT2D eigenvalue weighted by Gasteiger charge is -2.13. The number of hydrogen-bond acceptors (Lipinski definition) is 8. The summed E-state index contributed by atoms with van der Waals surface area (Å²) in [6.45, 7) is 1.76. The number of nitriles is 1. The molecule has 0 aliphatic rings. The van der Waals surface area contributed by atoms with Gasteiger partial charge in [0.2, 0.25) is 5.88 Å². The van der Waals surface area contributed by atoms with Crippen LogP contribution in [0.2, 0.25) is 10.0 Å². The lowest BCUT2D eigenvalue weighted by atomic mass is 10.1. The van der Waals surface area contributed by atoms with E-state index in [0.717, 1.165) is 5.56 Å². The maximum absolute atomic E-state index is 12.3. The number of rotatable bonds is 11. The predicted molar refractivity (Wildman–Crippen MR) is 147 cm³/mol. The summed E-state index contributed by atoms with van der Waals surface area (Å²) in [6, 6.07) is 12.4. The molecule has 1 heterocycles. The zero-order valence-corrected chi connectivity index (χ0v) is 23.8. The van der Waals surface area contributed by atoms with Crippen molar-refractivity contribution in [1.29, 1.82) is 5.26 Å². The number of pyridine rings is 1. The molecule has 0 atom stereocenters. The molecule has 12 heteroatoms. The van der Waals surface area contributed by atoms with Gasteiger partial charge in [0, 0.05) is 32.8 Å². The van der Waals surface area contributed by atoms with Crippen LogP contribution in [0, 0.1) is 18.3 Å². The van der Waals surface area contributed by atoms with Crippen molar-refractivity contribution in [1.82, 2.24) is 10.4 Å². The van der Waals surface area contributed by atoms with Crippen molar-refractivity contribution in [3.05, 3.63) is 78.9 Å². The van der Waals surface area contributed by atoms with Gasteiger partial charge in [-0.3, -0.25) is 4.79 Å². The molecule has 0 radical (unpaired) electrons. The van der Waals surface area contributed by atoms with E-state index in [-0.39, 0.29) is 24.7 Å². The topological polar surface area (TPSA) is 115 Å². The summed E-state index contributed by atoms with van der Waals surface area (Å²) in [5, 5.41) is 14.5. The summed E-state index contributed by atoms with van der Waals surface area (Å²) in [5.74, 6) is 0.486. The van der Waals surface area contributed by atoms with E-state index in [1.807, 2.05) is 0 Å². The molecule has 2 aromatic carbocycles. The number of benzene rings is 2. The molecule has 0 fully saturated rings. The lowest BCUT2D eigenvalue weighted by Crippen LogP contribution is -2.25. The minimum absolute atomic E-state index is 0.0413. The first-order valence-electron chi connectivity index (χ1n) is 11.0. The van der Waals surface area contributed by atoms with Crippen LogP contribution in [0.1, 0.15) is 27.9 Å². The number of amides is 1. The second-order valence-corrected chi connectivity index (χ2v) is 9.37. The van der Waals surface area contributed by atoms with Crippen molar-refractivity contribution < 1.29 is 23.7 Å². The Morgan fingerprint density at radius 2 is 1.95 bits per heavy atom. The van der Waals surface area contributed by atoms with Gasteiger partial charge in [0.05, 0.1) is 25.6 Å². The predicted octanol–water partition coefficient (Wildman–Crippen LogP) is 5.59. The van der Waals surface area contributed by atoms with Gasteiger partial charge >= 0.3 is 0 Å². The molecule has 1 aromatic heterocycles. The molecule has 3 aromatic rings. The number of aromatic nitrogens is 1. The molecule has 0 bridgehead atoms. The smallest absolute Gasteiger partial charge is 0.278 e. The fourth-order valence-electron chi connectivity index (χ4n) is 3.24. The Morgan fingerprint density at radius 3 is 2.63 bits per heavy atom. The van der Waals surface area contributed by atoms with E-state index in [1.165, 1.54) is 20.4 Å². The Bertz CT molecular complexity index is 1400. The monoisotopic (exact) mass is 620 g/mol. The second-order valence-electron chi connectivity index (χ2n) is 7.73. The van der Waals surface area contributed by atoms with Gasteiger partial charge < -0.3 is 18.9 Å². The maximum atomic E-state index is 12.3. The minimum atomic E-state index is -0.535. The number of hydrogen-bond donors (Lipinski definition) is 1. The zero-order chi connectivity index (χ0) is 27.7. The van der Waals surface area contributed by atoms with Crippen molar-refractivity contribution >= 4 is 51.3 Å². The summed E-state index contributed by atoms with van der Waals surface area (Å²) >= 11 is 15.5. The van der Waals surface area contributed by atoms with Crippen LogP contribution in [0.4, 0.5) is 0 Å². The molecule has 198 valence electrons. The van der Waals surface area contributed by atoms with Gasteiger partial charge in [-0.1, -0.05) is 29.3 Å². The number of carbonyl (C=O) groups is 1. The molecular formula is C26H23BrCl2N4O5. The first-order chi connectivity index (χ1) is 18.3. The third-order valence-corrected chi connectivity index (χ3v) is 6.74. The molecule has 1 N–H and O–H groups in total. The van der Waals surface area contributed by atoms with E-state index >= 15 is 0 Å². The average Bonchev–Trinajstić information content (AvgIpc) is 2.90. The maximum Gasteiger partial charge on any atom is 0.278 e. The Labute approximate surface area is 238 Å². The standard InChI is InChI=1S/C26H23BrCl2N4O5/c1-15-25(27)20(13-35-2)19(10-30)26(32-15)38-14-24(34)33-31-11-16-4-7-22(23(8-16)36-3)37-12-17-5-6-18(28)9-21(17)29/h4-9,11H,12-14H2,1-3H3,(H,33,34)/b31-11-. The molecule has 0 unspecified atom stereocenters. The Balaban J connectivity index is 1.60. The SMILES string of the molecule is COCc1c(Br)c(C)nc(OCC(=O)N/N=C\c2ccc(OCc3ccc(Cl)cc3Cl)c(OC)c2)c1C#N. The van der Waals surface area contributed by atoms with Gasteiger partial charge in [-0.2, -0.15) is 10.4 Å². The summed E-state index contributed by atoms with van der Waals surface area (Å²) in [5.41, 5.74) is 5.19. The number of ether oxygens (including phenoxy) is 4. The number of hydrazone groups is 1. The number of nitrogens with one attached hydrogen (secondary N) is 1. The molecule has 9 nitrogen and oxygen atoms in total. The fraction of sp³-hybridized carbons (Fsp3) is 0.231. The summed E-state index contributed by atoms with van der Waals surface area (Å²) in [4.78, 5) is 16.5. The van der Waals surface area contributed by atoms with E-state index in [9.17, 15) is 10.1 Å². The van der Waals surface area contributed by atoms with Gasteiger partial charge in [-0.25, -0.2) is 10.4 Å². The van der Waals surface area contributed by atoms with Crippen molar-refractivity contribution in [2.75, 3.05) is 20.8 Å². The van der Waals surface area contributed by atoms with Crippen molar-refractivity contribution in [2.24, 2.45) is 5.10 Å². The molecule has 3 rings (SSSR count). The van der Waals surface area contributed by atoms with Crippen molar-refractivity contribution in [3.8, 4) is 23.4 Å². The van der Waals surface area contributed by atoms with E-state index in [2.05, 4.69) is 37.5 Å². The molecule has 38 heavy (non-hydrogen) atoms. The van der Waals surface area contributed by atoms with Crippen LogP contribution in [-0.4, -0.2) is 37.9 Å². The third-order valence-electron chi connectivity index (χ3n) is 5.10.